The zero-order valence-corrected chi connectivity index (χ0v) is 10.2. The van der Waals surface area contributed by atoms with Gasteiger partial charge in [-0.2, -0.15) is 0 Å². The summed E-state index contributed by atoms with van der Waals surface area (Å²) in [5.74, 6) is 1.72. The molecule has 1 rings (SSSR count). The van der Waals surface area contributed by atoms with Crippen LogP contribution in [0.4, 0.5) is 0 Å². The molecule has 0 amide bonds. The fraction of sp³-hybridized carbons (Fsp3) is 1.00. The van der Waals surface area contributed by atoms with E-state index in [2.05, 4.69) is 26.1 Å². The first-order chi connectivity index (χ1) is 6.70. The molecule has 0 heterocycles. The second-order valence-corrected chi connectivity index (χ2v) is 5.34. The standard InChI is InChI=1S/C13H27N/c1-11(2)10-14-12(3)13-8-6-4-5-7-9-13/h11-14H,4-10H2,1-3H3/t12-/m1/s1. The topological polar surface area (TPSA) is 12.0 Å². The van der Waals surface area contributed by atoms with Crippen LogP contribution in [0.2, 0.25) is 0 Å². The molecule has 1 nitrogen and oxygen atoms in total. The lowest BCUT2D eigenvalue weighted by atomic mass is 9.93. The van der Waals surface area contributed by atoms with Gasteiger partial charge in [-0.1, -0.05) is 39.5 Å². The van der Waals surface area contributed by atoms with Gasteiger partial charge in [-0.05, 0) is 38.1 Å². The molecule has 1 atom stereocenters. The van der Waals surface area contributed by atoms with E-state index in [1.54, 1.807) is 0 Å². The predicted octanol–water partition coefficient (Wildman–Crippen LogP) is 3.59. The highest BCUT2D eigenvalue weighted by Crippen LogP contribution is 2.25. The van der Waals surface area contributed by atoms with E-state index >= 15 is 0 Å². The molecule has 0 aromatic carbocycles. The molecule has 0 aliphatic heterocycles. The van der Waals surface area contributed by atoms with Crippen molar-refractivity contribution in [3.8, 4) is 0 Å². The van der Waals surface area contributed by atoms with Crippen LogP contribution < -0.4 is 5.32 Å². The summed E-state index contributed by atoms with van der Waals surface area (Å²) < 4.78 is 0. The van der Waals surface area contributed by atoms with Crippen LogP contribution in [0.25, 0.3) is 0 Å². The van der Waals surface area contributed by atoms with Crippen molar-refractivity contribution < 1.29 is 0 Å². The summed E-state index contributed by atoms with van der Waals surface area (Å²) in [6.45, 7) is 8.12. The highest BCUT2D eigenvalue weighted by atomic mass is 14.9. The summed E-state index contributed by atoms with van der Waals surface area (Å²) in [6.07, 6.45) is 8.75. The molecular weight excluding hydrogens is 170 g/mol. The molecule has 1 fully saturated rings. The molecule has 0 aromatic heterocycles. The van der Waals surface area contributed by atoms with Gasteiger partial charge in [0.1, 0.15) is 0 Å². The van der Waals surface area contributed by atoms with E-state index < -0.39 is 0 Å². The second-order valence-electron chi connectivity index (χ2n) is 5.34. The van der Waals surface area contributed by atoms with Gasteiger partial charge < -0.3 is 5.32 Å². The summed E-state index contributed by atoms with van der Waals surface area (Å²) in [5.41, 5.74) is 0. The monoisotopic (exact) mass is 197 g/mol. The lowest BCUT2D eigenvalue weighted by Gasteiger charge is -2.24. The van der Waals surface area contributed by atoms with Crippen molar-refractivity contribution in [1.29, 1.82) is 0 Å². The molecule has 0 unspecified atom stereocenters. The van der Waals surface area contributed by atoms with Gasteiger partial charge in [-0.15, -0.1) is 0 Å². The van der Waals surface area contributed by atoms with Gasteiger partial charge in [-0.25, -0.2) is 0 Å². The van der Waals surface area contributed by atoms with Crippen molar-refractivity contribution in [2.24, 2.45) is 11.8 Å². The molecule has 1 aliphatic rings. The van der Waals surface area contributed by atoms with Gasteiger partial charge in [0.2, 0.25) is 0 Å². The Bertz CT molecular complexity index is 134. The molecular formula is C13H27N. The molecule has 14 heavy (non-hydrogen) atoms. The third-order valence-corrected chi connectivity index (χ3v) is 3.46. The SMILES string of the molecule is CC(C)CN[C@H](C)C1CCCCCC1. The predicted molar refractivity (Wildman–Crippen MR) is 63.5 cm³/mol. The van der Waals surface area contributed by atoms with Crippen molar-refractivity contribution in [3.05, 3.63) is 0 Å². The Morgan fingerprint density at radius 1 is 1.00 bits per heavy atom. The maximum absolute atomic E-state index is 3.68. The molecule has 0 spiro atoms. The molecule has 0 radical (unpaired) electrons. The summed E-state index contributed by atoms with van der Waals surface area (Å²) >= 11 is 0. The normalized spacial score (nSPS) is 22.3. The quantitative estimate of drug-likeness (QED) is 0.679. The third kappa shape index (κ3) is 4.45. The van der Waals surface area contributed by atoms with E-state index in [0.29, 0.717) is 0 Å². The zero-order valence-electron chi connectivity index (χ0n) is 10.2. The van der Waals surface area contributed by atoms with Crippen LogP contribution in [0.15, 0.2) is 0 Å². The highest BCUT2D eigenvalue weighted by molar-refractivity contribution is 4.75. The largest absolute Gasteiger partial charge is 0.314 e. The van der Waals surface area contributed by atoms with Crippen LogP contribution in [0, 0.1) is 11.8 Å². The van der Waals surface area contributed by atoms with Gasteiger partial charge in [-0.3, -0.25) is 0 Å². The first-order valence-corrected chi connectivity index (χ1v) is 6.43. The first-order valence-electron chi connectivity index (χ1n) is 6.43. The van der Waals surface area contributed by atoms with Gasteiger partial charge in [0.15, 0.2) is 0 Å². The van der Waals surface area contributed by atoms with Gasteiger partial charge in [0.05, 0.1) is 0 Å². The van der Waals surface area contributed by atoms with Crippen LogP contribution in [0.3, 0.4) is 0 Å². The van der Waals surface area contributed by atoms with Crippen LogP contribution in [0.5, 0.6) is 0 Å². The summed E-state index contributed by atoms with van der Waals surface area (Å²) in [5, 5.41) is 3.68. The number of hydrogen-bond acceptors (Lipinski definition) is 1. The first kappa shape index (κ1) is 12.0. The molecule has 1 N–H and O–H groups in total. The van der Waals surface area contributed by atoms with Gasteiger partial charge in [0, 0.05) is 6.04 Å². The lowest BCUT2D eigenvalue weighted by molar-refractivity contribution is 0.327. The Balaban J connectivity index is 2.23. The Kier molecular flexibility index (Phi) is 5.54. The molecule has 1 saturated carbocycles. The number of hydrogen-bond donors (Lipinski definition) is 1. The van der Waals surface area contributed by atoms with E-state index in [-0.39, 0.29) is 0 Å². The average Bonchev–Trinajstić information content (AvgIpc) is 2.42. The molecule has 84 valence electrons. The summed E-state index contributed by atoms with van der Waals surface area (Å²) in [7, 11) is 0. The van der Waals surface area contributed by atoms with Crippen molar-refractivity contribution in [1.82, 2.24) is 5.32 Å². The fourth-order valence-electron chi connectivity index (χ4n) is 2.40. The van der Waals surface area contributed by atoms with Crippen molar-refractivity contribution in [3.63, 3.8) is 0 Å². The third-order valence-electron chi connectivity index (χ3n) is 3.46. The second kappa shape index (κ2) is 6.44. The Labute approximate surface area is 89.7 Å². The highest BCUT2D eigenvalue weighted by Gasteiger charge is 2.18. The van der Waals surface area contributed by atoms with Crippen LogP contribution in [-0.2, 0) is 0 Å². The smallest absolute Gasteiger partial charge is 0.00671 e. The van der Waals surface area contributed by atoms with Crippen molar-refractivity contribution >= 4 is 0 Å². The van der Waals surface area contributed by atoms with Crippen LogP contribution in [0.1, 0.15) is 59.3 Å². The minimum atomic E-state index is 0.732. The number of nitrogens with one attached hydrogen (secondary N) is 1. The molecule has 0 saturated heterocycles. The van der Waals surface area contributed by atoms with Crippen molar-refractivity contribution in [2.45, 2.75) is 65.3 Å². The maximum atomic E-state index is 3.68. The average molecular weight is 197 g/mol. The minimum Gasteiger partial charge on any atom is -0.314 e. The Morgan fingerprint density at radius 2 is 1.57 bits per heavy atom. The van der Waals surface area contributed by atoms with Crippen LogP contribution in [-0.4, -0.2) is 12.6 Å². The van der Waals surface area contributed by atoms with E-state index in [9.17, 15) is 0 Å². The molecule has 1 heteroatoms. The van der Waals surface area contributed by atoms with Gasteiger partial charge >= 0.3 is 0 Å². The summed E-state index contributed by atoms with van der Waals surface area (Å²) in [4.78, 5) is 0. The van der Waals surface area contributed by atoms with E-state index in [0.717, 1.165) is 17.9 Å². The minimum absolute atomic E-state index is 0.732. The number of rotatable bonds is 4. The summed E-state index contributed by atoms with van der Waals surface area (Å²) in [6, 6.07) is 0.732. The Morgan fingerprint density at radius 3 is 2.07 bits per heavy atom. The molecule has 0 aromatic rings. The van der Waals surface area contributed by atoms with Crippen molar-refractivity contribution in [2.75, 3.05) is 6.54 Å². The fourth-order valence-corrected chi connectivity index (χ4v) is 2.40. The van der Waals surface area contributed by atoms with E-state index in [1.165, 1.54) is 45.1 Å². The van der Waals surface area contributed by atoms with E-state index in [1.807, 2.05) is 0 Å². The molecule has 0 bridgehead atoms. The van der Waals surface area contributed by atoms with Crippen LogP contribution >= 0.6 is 0 Å². The molecule has 1 aliphatic carbocycles. The van der Waals surface area contributed by atoms with Gasteiger partial charge in [0.25, 0.3) is 0 Å². The maximum Gasteiger partial charge on any atom is 0.00671 e. The lowest BCUT2D eigenvalue weighted by Crippen LogP contribution is -2.35. The zero-order chi connectivity index (χ0) is 10.4. The Hall–Kier alpha value is -0.0400. The van der Waals surface area contributed by atoms with E-state index in [4.69, 9.17) is 0 Å².